The lowest BCUT2D eigenvalue weighted by Crippen LogP contribution is -2.28. The number of nitrogens with zero attached hydrogens (tertiary/aromatic N) is 1. The Labute approximate surface area is 357 Å². The molecule has 0 unspecified atom stereocenters. The predicted molar refractivity (Wildman–Crippen MR) is 256 cm³/mol. The zero-order valence-electron chi connectivity index (χ0n) is 34.3. The Morgan fingerprint density at radius 2 is 0.820 bits per heavy atom. The average Bonchev–Trinajstić information content (AvgIpc) is 3.73. The number of benzene rings is 10. The molecule has 0 spiro atoms. The Kier molecular flexibility index (Phi) is 7.86. The SMILES string of the molecule is CC1(C)c2ccc(N(c3ccc(-c4ccc5ccccc5c4)cc3)c3ccc4c(c3)C(c3ccccc3)(c3ccccc3)c3ccccc3-4)cc2-c2cc3ccccc3cc21. The highest BCUT2D eigenvalue weighted by atomic mass is 15.1. The summed E-state index contributed by atoms with van der Waals surface area (Å²) in [7, 11) is 0. The summed E-state index contributed by atoms with van der Waals surface area (Å²) in [6.07, 6.45) is 0. The molecule has 2 aliphatic rings. The molecule has 0 saturated carbocycles. The summed E-state index contributed by atoms with van der Waals surface area (Å²) in [4.78, 5) is 2.47. The third-order valence-corrected chi connectivity index (χ3v) is 13.7. The van der Waals surface area contributed by atoms with Gasteiger partial charge in [0.25, 0.3) is 0 Å². The van der Waals surface area contributed by atoms with Crippen molar-refractivity contribution in [3.63, 3.8) is 0 Å². The van der Waals surface area contributed by atoms with Crippen LogP contribution in [0.25, 0.3) is 54.9 Å². The highest BCUT2D eigenvalue weighted by Crippen LogP contribution is 2.58. The zero-order valence-corrected chi connectivity index (χ0v) is 34.3. The Morgan fingerprint density at radius 1 is 0.295 bits per heavy atom. The number of anilines is 3. The van der Waals surface area contributed by atoms with Gasteiger partial charge in [0.05, 0.1) is 5.41 Å². The zero-order chi connectivity index (χ0) is 40.7. The largest absolute Gasteiger partial charge is 0.310 e. The number of rotatable bonds is 6. The fraction of sp³-hybridized carbons (Fsp3) is 0.0667. The van der Waals surface area contributed by atoms with Gasteiger partial charge in [-0.15, -0.1) is 0 Å². The van der Waals surface area contributed by atoms with Gasteiger partial charge in [0.1, 0.15) is 0 Å². The van der Waals surface area contributed by atoms with E-state index in [1.807, 2.05) is 0 Å². The molecular formula is C60H43N. The topological polar surface area (TPSA) is 3.24 Å². The molecule has 2 aliphatic carbocycles. The van der Waals surface area contributed by atoms with Crippen LogP contribution in [0.2, 0.25) is 0 Å². The van der Waals surface area contributed by atoms with E-state index in [9.17, 15) is 0 Å². The van der Waals surface area contributed by atoms with Crippen LogP contribution >= 0.6 is 0 Å². The lowest BCUT2D eigenvalue weighted by Gasteiger charge is -2.35. The van der Waals surface area contributed by atoms with Crippen LogP contribution in [-0.2, 0) is 10.8 Å². The summed E-state index contributed by atoms with van der Waals surface area (Å²) in [6, 6.07) is 83.7. The van der Waals surface area contributed by atoms with Crippen LogP contribution < -0.4 is 4.90 Å². The van der Waals surface area contributed by atoms with Gasteiger partial charge in [0.15, 0.2) is 0 Å². The summed E-state index contributed by atoms with van der Waals surface area (Å²) in [5.74, 6) is 0. The van der Waals surface area contributed by atoms with Crippen molar-refractivity contribution < 1.29 is 0 Å². The number of hydrogen-bond acceptors (Lipinski definition) is 1. The maximum Gasteiger partial charge on any atom is 0.0714 e. The summed E-state index contributed by atoms with van der Waals surface area (Å²) in [6.45, 7) is 4.75. The van der Waals surface area contributed by atoms with Crippen molar-refractivity contribution in [2.45, 2.75) is 24.7 Å². The number of hydrogen-bond donors (Lipinski definition) is 0. The maximum atomic E-state index is 2.48. The molecule has 0 amide bonds. The van der Waals surface area contributed by atoms with Crippen molar-refractivity contribution in [1.29, 1.82) is 0 Å². The molecule has 0 atom stereocenters. The van der Waals surface area contributed by atoms with Gasteiger partial charge in [0.2, 0.25) is 0 Å². The van der Waals surface area contributed by atoms with E-state index in [0.717, 1.165) is 17.1 Å². The second-order valence-corrected chi connectivity index (χ2v) is 17.3. The first-order valence-electron chi connectivity index (χ1n) is 21.4. The molecule has 0 fully saturated rings. The molecule has 0 radical (unpaired) electrons. The van der Waals surface area contributed by atoms with Crippen molar-refractivity contribution in [3.05, 3.63) is 258 Å². The molecule has 10 aromatic carbocycles. The minimum Gasteiger partial charge on any atom is -0.310 e. The first-order chi connectivity index (χ1) is 30.0. The highest BCUT2D eigenvalue weighted by Gasteiger charge is 2.46. The molecule has 0 saturated heterocycles. The van der Waals surface area contributed by atoms with Crippen molar-refractivity contribution in [2.24, 2.45) is 0 Å². The van der Waals surface area contributed by atoms with Crippen molar-refractivity contribution in [3.8, 4) is 33.4 Å². The third-order valence-electron chi connectivity index (χ3n) is 13.7. The van der Waals surface area contributed by atoms with Gasteiger partial charge in [-0.2, -0.15) is 0 Å². The van der Waals surface area contributed by atoms with Gasteiger partial charge in [-0.05, 0) is 143 Å². The molecule has 61 heavy (non-hydrogen) atoms. The second kappa shape index (κ2) is 13.5. The molecule has 0 aromatic heterocycles. The van der Waals surface area contributed by atoms with E-state index in [1.54, 1.807) is 0 Å². The van der Waals surface area contributed by atoms with Gasteiger partial charge in [-0.3, -0.25) is 0 Å². The van der Waals surface area contributed by atoms with Crippen LogP contribution in [0.5, 0.6) is 0 Å². The second-order valence-electron chi connectivity index (χ2n) is 17.3. The summed E-state index contributed by atoms with van der Waals surface area (Å²) in [5.41, 5.74) is 18.2. The normalized spacial score (nSPS) is 14.0. The Bertz CT molecular complexity index is 3280. The molecular weight excluding hydrogens is 735 g/mol. The van der Waals surface area contributed by atoms with E-state index >= 15 is 0 Å². The number of fused-ring (bicyclic) bond motifs is 8. The van der Waals surface area contributed by atoms with Gasteiger partial charge < -0.3 is 4.90 Å². The van der Waals surface area contributed by atoms with Gasteiger partial charge >= 0.3 is 0 Å². The van der Waals surface area contributed by atoms with E-state index in [2.05, 4.69) is 243 Å². The first kappa shape index (κ1) is 35.5. The predicted octanol–water partition coefficient (Wildman–Crippen LogP) is 15.8. The van der Waals surface area contributed by atoms with E-state index in [-0.39, 0.29) is 5.41 Å². The quantitative estimate of drug-likeness (QED) is 0.163. The molecule has 0 N–H and O–H groups in total. The monoisotopic (exact) mass is 777 g/mol. The minimum atomic E-state index is -0.502. The Balaban J connectivity index is 1.08. The van der Waals surface area contributed by atoms with Crippen LogP contribution in [-0.4, -0.2) is 0 Å². The molecule has 1 nitrogen and oxygen atoms in total. The van der Waals surface area contributed by atoms with E-state index in [1.165, 1.54) is 88.3 Å². The fourth-order valence-electron chi connectivity index (χ4n) is 10.8. The molecule has 288 valence electrons. The van der Waals surface area contributed by atoms with Crippen molar-refractivity contribution in [1.82, 2.24) is 0 Å². The molecule has 0 heterocycles. The molecule has 0 bridgehead atoms. The maximum absolute atomic E-state index is 2.48. The van der Waals surface area contributed by atoms with Gasteiger partial charge in [-0.25, -0.2) is 0 Å². The summed E-state index contributed by atoms with van der Waals surface area (Å²) >= 11 is 0. The van der Waals surface area contributed by atoms with E-state index < -0.39 is 5.41 Å². The fourth-order valence-corrected chi connectivity index (χ4v) is 10.8. The molecule has 10 aromatic rings. The summed E-state index contributed by atoms with van der Waals surface area (Å²) < 4.78 is 0. The molecule has 12 rings (SSSR count). The highest BCUT2D eigenvalue weighted by molar-refractivity contribution is 5.96. The van der Waals surface area contributed by atoms with Gasteiger partial charge in [-0.1, -0.05) is 184 Å². The van der Waals surface area contributed by atoms with Crippen molar-refractivity contribution >= 4 is 38.6 Å². The summed E-state index contributed by atoms with van der Waals surface area (Å²) in [5, 5.41) is 5.06. The van der Waals surface area contributed by atoms with Gasteiger partial charge in [0, 0.05) is 22.5 Å². The standard InChI is InChI=1S/C60H43N/c1-59(2)55-34-32-49(38-54(55)53-36-43-17-11-12-18-44(43)37-57(53)59)61(48-29-27-41(28-30-48)45-26-25-40-15-9-10-16-42(40)35-45)50-31-33-52-51-23-13-14-24-56(51)60(58(52)39-50,46-19-5-3-6-20-46)47-21-7-4-8-22-47/h3-39H,1-2H3. The lowest BCUT2D eigenvalue weighted by atomic mass is 9.67. The average molecular weight is 778 g/mol. The van der Waals surface area contributed by atoms with Crippen LogP contribution in [0.15, 0.2) is 224 Å². The smallest absolute Gasteiger partial charge is 0.0714 e. The first-order valence-corrected chi connectivity index (χ1v) is 21.4. The Hall–Kier alpha value is -7.48. The molecule has 0 aliphatic heterocycles. The van der Waals surface area contributed by atoms with E-state index in [0.29, 0.717) is 0 Å². The minimum absolute atomic E-state index is 0.121. The molecule has 1 heteroatoms. The third kappa shape index (κ3) is 5.33. The van der Waals surface area contributed by atoms with Crippen LogP contribution in [0.1, 0.15) is 47.2 Å². The Morgan fingerprint density at radius 3 is 1.54 bits per heavy atom. The van der Waals surface area contributed by atoms with Crippen molar-refractivity contribution in [2.75, 3.05) is 4.90 Å². The van der Waals surface area contributed by atoms with Crippen LogP contribution in [0, 0.1) is 0 Å². The van der Waals surface area contributed by atoms with E-state index in [4.69, 9.17) is 0 Å². The van der Waals surface area contributed by atoms with Crippen LogP contribution in [0.4, 0.5) is 17.1 Å². The lowest BCUT2D eigenvalue weighted by molar-refractivity contribution is 0.661. The van der Waals surface area contributed by atoms with Crippen LogP contribution in [0.3, 0.4) is 0 Å².